The fourth-order valence-corrected chi connectivity index (χ4v) is 3.20. The van der Waals surface area contributed by atoms with Crippen LogP contribution in [0.4, 0.5) is 36.4 Å². The lowest BCUT2D eigenvalue weighted by molar-refractivity contribution is -0.144. The second-order valence-corrected chi connectivity index (χ2v) is 6.34. The average molecular weight is 428 g/mol. The Kier molecular flexibility index (Phi) is 4.53. The van der Waals surface area contributed by atoms with Crippen molar-refractivity contribution in [2.75, 3.05) is 12.4 Å². The molecule has 2 aromatic rings. The minimum Gasteiger partial charge on any atom is -0.496 e. The summed E-state index contributed by atoms with van der Waals surface area (Å²) >= 11 is 5.78. The Balaban J connectivity index is 2.40. The van der Waals surface area contributed by atoms with E-state index in [0.717, 1.165) is 19.2 Å². The van der Waals surface area contributed by atoms with Crippen LogP contribution in [0.3, 0.4) is 0 Å². The van der Waals surface area contributed by atoms with Crippen LogP contribution in [0.2, 0.25) is 5.02 Å². The molecule has 28 heavy (non-hydrogen) atoms. The molecule has 1 aliphatic heterocycles. The Labute approximate surface area is 158 Å². The van der Waals surface area contributed by atoms with Gasteiger partial charge in [0, 0.05) is 21.8 Å². The molecule has 1 amide bonds. The van der Waals surface area contributed by atoms with Crippen molar-refractivity contribution in [3.63, 3.8) is 0 Å². The van der Waals surface area contributed by atoms with Gasteiger partial charge in [0.1, 0.15) is 5.75 Å². The smallest absolute Gasteiger partial charge is 0.416 e. The van der Waals surface area contributed by atoms with Crippen LogP contribution >= 0.6 is 11.6 Å². The number of fused-ring (bicyclic) bond motifs is 1. The van der Waals surface area contributed by atoms with Crippen LogP contribution in [0, 0.1) is 0 Å². The van der Waals surface area contributed by atoms with Gasteiger partial charge in [0.25, 0.3) is 5.91 Å². The molecule has 1 heterocycles. The molecule has 0 aliphatic carbocycles. The molecule has 0 spiro atoms. The second kappa shape index (κ2) is 6.26. The molecular formula is C17H9ClF7NO2. The highest BCUT2D eigenvalue weighted by molar-refractivity contribution is 6.30. The lowest BCUT2D eigenvalue weighted by atomic mass is 9.84. The van der Waals surface area contributed by atoms with Gasteiger partial charge in [-0.15, -0.1) is 0 Å². The first kappa shape index (κ1) is 20.2. The second-order valence-electron chi connectivity index (χ2n) is 5.90. The van der Waals surface area contributed by atoms with E-state index in [1.807, 2.05) is 0 Å². The van der Waals surface area contributed by atoms with Gasteiger partial charge in [-0.2, -0.15) is 26.3 Å². The molecule has 1 N–H and O–H groups in total. The Bertz CT molecular complexity index is 971. The summed E-state index contributed by atoms with van der Waals surface area (Å²) in [5, 5.41) is 1.65. The Morgan fingerprint density at radius 2 is 1.68 bits per heavy atom. The summed E-state index contributed by atoms with van der Waals surface area (Å²) in [5.74, 6) is -1.89. The minimum atomic E-state index is -5.37. The number of ether oxygens (including phenoxy) is 1. The van der Waals surface area contributed by atoms with Crippen LogP contribution in [0.25, 0.3) is 0 Å². The number of carbonyl (C=O) groups excluding carboxylic acids is 1. The fraction of sp³-hybridized carbons (Fsp3) is 0.235. The summed E-state index contributed by atoms with van der Waals surface area (Å²) in [5.41, 5.74) is -9.96. The molecule has 2 aromatic carbocycles. The van der Waals surface area contributed by atoms with E-state index >= 15 is 4.39 Å². The Morgan fingerprint density at radius 3 is 2.21 bits per heavy atom. The number of halogens is 8. The molecule has 150 valence electrons. The molecule has 1 atom stereocenters. The lowest BCUT2D eigenvalue weighted by Gasteiger charge is -2.24. The van der Waals surface area contributed by atoms with Crippen LogP contribution in [0.1, 0.15) is 22.3 Å². The molecule has 3 nitrogen and oxygen atoms in total. The van der Waals surface area contributed by atoms with Gasteiger partial charge in [0.2, 0.25) is 5.67 Å². The number of anilines is 1. The predicted molar refractivity (Wildman–Crippen MR) is 85.0 cm³/mol. The Hall–Kier alpha value is -2.49. The summed E-state index contributed by atoms with van der Waals surface area (Å²) in [7, 11) is 1.08. The van der Waals surface area contributed by atoms with E-state index < -0.39 is 51.9 Å². The minimum absolute atomic E-state index is 0.116. The number of amides is 1. The largest absolute Gasteiger partial charge is 0.496 e. The third-order valence-electron chi connectivity index (χ3n) is 4.21. The molecule has 11 heteroatoms. The molecule has 0 radical (unpaired) electrons. The third-order valence-corrected chi connectivity index (χ3v) is 4.44. The summed E-state index contributed by atoms with van der Waals surface area (Å²) in [6, 6.07) is 3.28. The first-order valence-electron chi connectivity index (χ1n) is 7.47. The van der Waals surface area contributed by atoms with Crippen molar-refractivity contribution in [2.45, 2.75) is 18.0 Å². The van der Waals surface area contributed by atoms with Crippen LogP contribution in [0.15, 0.2) is 30.3 Å². The average Bonchev–Trinajstić information content (AvgIpc) is 2.84. The SMILES string of the molecule is COc1ccc(Cl)cc1C1(F)C(=O)Nc2cc(C(F)(F)F)cc(C(F)(F)F)c21. The molecule has 0 saturated heterocycles. The van der Waals surface area contributed by atoms with Crippen LogP contribution in [-0.4, -0.2) is 13.0 Å². The van der Waals surface area contributed by atoms with E-state index in [9.17, 15) is 31.1 Å². The Morgan fingerprint density at radius 1 is 1.04 bits per heavy atom. The number of hydrogen-bond acceptors (Lipinski definition) is 2. The summed E-state index contributed by atoms with van der Waals surface area (Å²) < 4.78 is 100. The van der Waals surface area contributed by atoms with Crippen molar-refractivity contribution in [1.29, 1.82) is 0 Å². The predicted octanol–water partition coefficient (Wildman–Crippen LogP) is 5.55. The van der Waals surface area contributed by atoms with E-state index in [1.54, 1.807) is 5.32 Å². The lowest BCUT2D eigenvalue weighted by Crippen LogP contribution is -2.33. The van der Waals surface area contributed by atoms with Crippen LogP contribution < -0.4 is 10.1 Å². The third kappa shape index (κ3) is 3.05. The summed E-state index contributed by atoms with van der Waals surface area (Å²) in [6.45, 7) is 0. The first-order chi connectivity index (χ1) is 12.8. The number of methoxy groups -OCH3 is 1. The van der Waals surface area contributed by atoms with Crippen molar-refractivity contribution in [1.82, 2.24) is 0 Å². The molecule has 1 unspecified atom stereocenters. The highest BCUT2D eigenvalue weighted by Crippen LogP contribution is 2.53. The van der Waals surface area contributed by atoms with Crippen molar-refractivity contribution < 1.29 is 40.3 Å². The number of hydrogen-bond donors (Lipinski definition) is 1. The van der Waals surface area contributed by atoms with E-state index in [-0.39, 0.29) is 22.9 Å². The number of carbonyl (C=O) groups is 1. The van der Waals surface area contributed by atoms with Gasteiger partial charge in [0.05, 0.1) is 18.2 Å². The number of alkyl halides is 7. The molecular weight excluding hydrogens is 419 g/mol. The van der Waals surface area contributed by atoms with Crippen molar-refractivity contribution in [3.05, 3.63) is 57.6 Å². The normalized spacial score (nSPS) is 19.4. The van der Waals surface area contributed by atoms with E-state index in [4.69, 9.17) is 16.3 Å². The standard InChI is InChI=1S/C17H9ClF7NO2/c1-28-12-3-2-8(18)6-9(12)15(19)13-10(17(23,24)25)4-7(16(20,21)22)5-11(13)26-14(15)27/h2-6H,1H3,(H,26,27). The zero-order chi connectivity index (χ0) is 21.1. The van der Waals surface area contributed by atoms with Gasteiger partial charge in [-0.1, -0.05) is 11.6 Å². The van der Waals surface area contributed by atoms with Gasteiger partial charge in [-0.25, -0.2) is 4.39 Å². The molecule has 3 rings (SSSR count). The molecule has 0 bridgehead atoms. The maximum absolute atomic E-state index is 15.9. The maximum Gasteiger partial charge on any atom is 0.416 e. The van der Waals surface area contributed by atoms with E-state index in [2.05, 4.69) is 0 Å². The van der Waals surface area contributed by atoms with Crippen molar-refractivity contribution in [3.8, 4) is 5.75 Å². The summed E-state index contributed by atoms with van der Waals surface area (Å²) in [4.78, 5) is 12.3. The molecule has 0 aromatic heterocycles. The fourth-order valence-electron chi connectivity index (χ4n) is 3.03. The number of benzene rings is 2. The van der Waals surface area contributed by atoms with Crippen LogP contribution in [0.5, 0.6) is 5.75 Å². The number of nitrogens with one attached hydrogen (secondary N) is 1. The monoisotopic (exact) mass is 427 g/mol. The molecule has 0 saturated carbocycles. The molecule has 1 aliphatic rings. The van der Waals surface area contributed by atoms with Gasteiger partial charge in [-0.05, 0) is 30.3 Å². The topological polar surface area (TPSA) is 38.3 Å². The van der Waals surface area contributed by atoms with E-state index in [1.165, 1.54) is 6.07 Å². The summed E-state index contributed by atoms with van der Waals surface area (Å²) in [6.07, 6.45) is -10.5. The van der Waals surface area contributed by atoms with E-state index in [0.29, 0.717) is 0 Å². The molecule has 0 fully saturated rings. The van der Waals surface area contributed by atoms with Crippen molar-refractivity contribution in [2.24, 2.45) is 0 Å². The maximum atomic E-state index is 15.9. The highest BCUT2D eigenvalue weighted by atomic mass is 35.5. The highest BCUT2D eigenvalue weighted by Gasteiger charge is 2.56. The quantitative estimate of drug-likeness (QED) is 0.638. The van der Waals surface area contributed by atoms with Crippen LogP contribution in [-0.2, 0) is 22.8 Å². The number of rotatable bonds is 2. The van der Waals surface area contributed by atoms with Crippen molar-refractivity contribution >= 4 is 23.2 Å². The zero-order valence-electron chi connectivity index (χ0n) is 13.7. The van der Waals surface area contributed by atoms with Gasteiger partial charge < -0.3 is 10.1 Å². The van der Waals surface area contributed by atoms with Gasteiger partial charge in [-0.3, -0.25) is 4.79 Å². The first-order valence-corrected chi connectivity index (χ1v) is 7.85. The van der Waals surface area contributed by atoms with Gasteiger partial charge >= 0.3 is 12.4 Å². The van der Waals surface area contributed by atoms with Gasteiger partial charge in [0.15, 0.2) is 0 Å². The zero-order valence-corrected chi connectivity index (χ0v) is 14.5.